The zero-order valence-electron chi connectivity index (χ0n) is 11.4. The Kier molecular flexibility index (Phi) is 4.80. The van der Waals surface area contributed by atoms with Crippen molar-refractivity contribution < 1.29 is 22.3 Å². The molecule has 118 valence electrons. The second-order valence-corrected chi connectivity index (χ2v) is 6.95. The van der Waals surface area contributed by atoms with Crippen LogP contribution in [0.1, 0.15) is 25.7 Å². The zero-order chi connectivity index (χ0) is 15.6. The molecule has 1 unspecified atom stereocenters. The third-order valence-corrected chi connectivity index (χ3v) is 5.57. The molecule has 0 bridgehead atoms. The Morgan fingerprint density at radius 1 is 1.38 bits per heavy atom. The Balaban J connectivity index is 2.38. The summed E-state index contributed by atoms with van der Waals surface area (Å²) < 4.78 is 53.5. The summed E-state index contributed by atoms with van der Waals surface area (Å²) in [5.74, 6) is -2.68. The van der Waals surface area contributed by atoms with Crippen molar-refractivity contribution in [1.82, 2.24) is 4.31 Å². The minimum absolute atomic E-state index is 0.0360. The van der Waals surface area contributed by atoms with Gasteiger partial charge in [-0.15, -0.1) is 0 Å². The second kappa shape index (κ2) is 6.25. The van der Waals surface area contributed by atoms with E-state index in [-0.39, 0.29) is 24.9 Å². The maximum absolute atomic E-state index is 13.8. The average molecular weight is 320 g/mol. The highest BCUT2D eigenvalue weighted by Gasteiger charge is 2.37. The molecule has 0 aliphatic carbocycles. The van der Waals surface area contributed by atoms with Gasteiger partial charge < -0.3 is 10.8 Å². The first-order valence-corrected chi connectivity index (χ1v) is 8.19. The van der Waals surface area contributed by atoms with Gasteiger partial charge in [0.15, 0.2) is 11.6 Å². The molecule has 1 aromatic carbocycles. The van der Waals surface area contributed by atoms with E-state index in [9.17, 15) is 17.2 Å². The summed E-state index contributed by atoms with van der Waals surface area (Å²) in [6, 6.07) is 1.39. The highest BCUT2D eigenvalue weighted by Crippen LogP contribution is 2.31. The Hall–Kier alpha value is -1.25. The molecule has 1 fully saturated rings. The lowest BCUT2D eigenvalue weighted by Gasteiger charge is -2.24. The van der Waals surface area contributed by atoms with Crippen LogP contribution in [0.15, 0.2) is 17.0 Å². The van der Waals surface area contributed by atoms with Gasteiger partial charge in [0, 0.05) is 24.9 Å². The number of aliphatic hydroxyl groups is 1. The molecule has 3 N–H and O–H groups in total. The number of hydrogen-bond donors (Lipinski definition) is 2. The largest absolute Gasteiger partial charge is 0.399 e. The first kappa shape index (κ1) is 16.1. The van der Waals surface area contributed by atoms with Crippen molar-refractivity contribution in [2.24, 2.45) is 0 Å². The standard InChI is InChI=1S/C13H18F2N2O3S/c14-11-7-9(16)8-12(13(11)15)21(19,20)17-5-1-3-10(17)4-2-6-18/h7-8,10,18H,1-6,16H2. The summed E-state index contributed by atoms with van der Waals surface area (Å²) in [7, 11) is -4.14. The number of nitrogens with two attached hydrogens (primary N) is 1. The monoisotopic (exact) mass is 320 g/mol. The molecule has 1 saturated heterocycles. The van der Waals surface area contributed by atoms with Crippen LogP contribution in [0.3, 0.4) is 0 Å². The molecule has 1 atom stereocenters. The Labute approximate surface area is 122 Å². The lowest BCUT2D eigenvalue weighted by atomic mass is 10.1. The van der Waals surface area contributed by atoms with Gasteiger partial charge in [0.05, 0.1) is 0 Å². The molecule has 0 spiro atoms. The van der Waals surface area contributed by atoms with E-state index in [1.165, 1.54) is 4.31 Å². The maximum Gasteiger partial charge on any atom is 0.246 e. The van der Waals surface area contributed by atoms with Crippen LogP contribution in [0.5, 0.6) is 0 Å². The molecule has 21 heavy (non-hydrogen) atoms. The summed E-state index contributed by atoms with van der Waals surface area (Å²) in [5.41, 5.74) is 5.28. The van der Waals surface area contributed by atoms with Gasteiger partial charge in [-0.2, -0.15) is 4.31 Å². The van der Waals surface area contributed by atoms with Crippen LogP contribution in [-0.2, 0) is 10.0 Å². The minimum Gasteiger partial charge on any atom is -0.399 e. The molecule has 0 saturated carbocycles. The Morgan fingerprint density at radius 2 is 2.10 bits per heavy atom. The fourth-order valence-corrected chi connectivity index (χ4v) is 4.47. The second-order valence-electron chi connectivity index (χ2n) is 5.09. The number of aliphatic hydroxyl groups excluding tert-OH is 1. The van der Waals surface area contributed by atoms with E-state index in [4.69, 9.17) is 10.8 Å². The number of rotatable bonds is 5. The van der Waals surface area contributed by atoms with Crippen molar-refractivity contribution in [1.29, 1.82) is 0 Å². The fourth-order valence-electron chi connectivity index (χ4n) is 2.64. The number of nitrogen functional groups attached to an aromatic ring is 1. The van der Waals surface area contributed by atoms with Gasteiger partial charge in [0.25, 0.3) is 0 Å². The van der Waals surface area contributed by atoms with E-state index in [1.807, 2.05) is 0 Å². The van der Waals surface area contributed by atoms with Crippen molar-refractivity contribution in [3.8, 4) is 0 Å². The summed E-state index contributed by atoms with van der Waals surface area (Å²) >= 11 is 0. The van der Waals surface area contributed by atoms with Gasteiger partial charge in [-0.3, -0.25) is 0 Å². The molecule has 5 nitrogen and oxygen atoms in total. The minimum atomic E-state index is -4.14. The van der Waals surface area contributed by atoms with Gasteiger partial charge in [-0.05, 0) is 37.8 Å². The van der Waals surface area contributed by atoms with Crippen LogP contribution in [-0.4, -0.2) is 37.0 Å². The quantitative estimate of drug-likeness (QED) is 0.805. The lowest BCUT2D eigenvalue weighted by Crippen LogP contribution is -2.36. The summed E-state index contributed by atoms with van der Waals surface area (Å²) in [4.78, 5) is -0.726. The fraction of sp³-hybridized carbons (Fsp3) is 0.538. The molecule has 0 radical (unpaired) electrons. The van der Waals surface area contributed by atoms with Crippen LogP contribution in [0, 0.1) is 11.6 Å². The molecule has 1 aliphatic heterocycles. The molecule has 1 aromatic rings. The van der Waals surface area contributed by atoms with E-state index >= 15 is 0 Å². The van der Waals surface area contributed by atoms with Crippen molar-refractivity contribution in [3.63, 3.8) is 0 Å². The van der Waals surface area contributed by atoms with E-state index < -0.39 is 26.6 Å². The van der Waals surface area contributed by atoms with E-state index in [0.717, 1.165) is 12.1 Å². The van der Waals surface area contributed by atoms with Crippen molar-refractivity contribution >= 4 is 15.7 Å². The van der Waals surface area contributed by atoms with Gasteiger partial charge in [-0.1, -0.05) is 0 Å². The SMILES string of the molecule is Nc1cc(F)c(F)c(S(=O)(=O)N2CCCC2CCCO)c1. The third kappa shape index (κ3) is 3.17. The summed E-state index contributed by atoms with van der Waals surface area (Å²) in [6.07, 6.45) is 2.25. The lowest BCUT2D eigenvalue weighted by molar-refractivity contribution is 0.264. The molecule has 8 heteroatoms. The summed E-state index contributed by atoms with van der Waals surface area (Å²) in [6.45, 7) is 0.222. The van der Waals surface area contributed by atoms with Crippen LogP contribution in [0.25, 0.3) is 0 Å². The van der Waals surface area contributed by atoms with Crippen LogP contribution in [0.2, 0.25) is 0 Å². The highest BCUT2D eigenvalue weighted by atomic mass is 32.2. The van der Waals surface area contributed by atoms with E-state index in [2.05, 4.69) is 0 Å². The first-order chi connectivity index (χ1) is 9.87. The highest BCUT2D eigenvalue weighted by molar-refractivity contribution is 7.89. The van der Waals surface area contributed by atoms with Gasteiger partial charge >= 0.3 is 0 Å². The topological polar surface area (TPSA) is 83.6 Å². The first-order valence-electron chi connectivity index (χ1n) is 6.75. The van der Waals surface area contributed by atoms with Crippen molar-refractivity contribution in [3.05, 3.63) is 23.8 Å². The molecule has 0 aromatic heterocycles. The Bertz CT molecular complexity index is 622. The number of anilines is 1. The number of hydrogen-bond acceptors (Lipinski definition) is 4. The number of nitrogens with zero attached hydrogens (tertiary/aromatic N) is 1. The van der Waals surface area contributed by atoms with Crippen LogP contribution >= 0.6 is 0 Å². The maximum atomic E-state index is 13.8. The molecule has 1 aliphatic rings. The third-order valence-electron chi connectivity index (χ3n) is 3.62. The predicted octanol–water partition coefficient (Wildman–Crippen LogP) is 1.47. The van der Waals surface area contributed by atoms with Crippen LogP contribution in [0.4, 0.5) is 14.5 Å². The van der Waals surface area contributed by atoms with Gasteiger partial charge in [0.1, 0.15) is 4.90 Å². The normalized spacial score (nSPS) is 20.0. The average Bonchev–Trinajstić information content (AvgIpc) is 2.89. The van der Waals surface area contributed by atoms with Gasteiger partial charge in [0.2, 0.25) is 10.0 Å². The molecule has 0 amide bonds. The smallest absolute Gasteiger partial charge is 0.246 e. The van der Waals surface area contributed by atoms with E-state index in [1.54, 1.807) is 0 Å². The van der Waals surface area contributed by atoms with Crippen molar-refractivity contribution in [2.45, 2.75) is 36.6 Å². The van der Waals surface area contributed by atoms with Crippen LogP contribution < -0.4 is 5.73 Å². The van der Waals surface area contributed by atoms with E-state index in [0.29, 0.717) is 25.7 Å². The van der Waals surface area contributed by atoms with Gasteiger partial charge in [-0.25, -0.2) is 17.2 Å². The zero-order valence-corrected chi connectivity index (χ0v) is 12.2. The Morgan fingerprint density at radius 3 is 2.76 bits per heavy atom. The number of benzene rings is 1. The number of halogens is 2. The molecular formula is C13H18F2N2O3S. The van der Waals surface area contributed by atoms with Crippen molar-refractivity contribution in [2.75, 3.05) is 18.9 Å². The molecule has 1 heterocycles. The summed E-state index contributed by atoms with van der Waals surface area (Å²) in [5, 5.41) is 8.86. The predicted molar refractivity (Wildman–Crippen MR) is 74.0 cm³/mol. The molecular weight excluding hydrogens is 302 g/mol. The molecule has 2 rings (SSSR count). The number of sulfonamides is 1.